The van der Waals surface area contributed by atoms with Gasteiger partial charge in [-0.3, -0.25) is 4.57 Å². The molecule has 0 bridgehead atoms. The molecule has 0 fully saturated rings. The van der Waals surface area contributed by atoms with Gasteiger partial charge in [0.2, 0.25) is 0 Å². The molecule has 2 N–H and O–H groups in total. The number of aromatic nitrogens is 2. The highest BCUT2D eigenvalue weighted by molar-refractivity contribution is 7.98. The zero-order valence-corrected chi connectivity index (χ0v) is 19.5. The van der Waals surface area contributed by atoms with Crippen LogP contribution < -0.4 is 0 Å². The van der Waals surface area contributed by atoms with Crippen LogP contribution in [0.2, 0.25) is 5.02 Å². The third kappa shape index (κ3) is 4.70. The van der Waals surface area contributed by atoms with E-state index in [0.717, 1.165) is 16.8 Å². The Labute approximate surface area is 199 Å². The van der Waals surface area contributed by atoms with E-state index in [-0.39, 0.29) is 17.3 Å². The molecule has 0 spiro atoms. The molecule has 0 aliphatic carbocycles. The van der Waals surface area contributed by atoms with Crippen LogP contribution in [0.5, 0.6) is 11.5 Å². The van der Waals surface area contributed by atoms with Gasteiger partial charge < -0.3 is 10.2 Å². The van der Waals surface area contributed by atoms with E-state index in [1.807, 2.05) is 18.4 Å². The minimum absolute atomic E-state index is 0.200. The molecule has 0 amide bonds. The van der Waals surface area contributed by atoms with Crippen molar-refractivity contribution in [1.82, 2.24) is 9.55 Å². The van der Waals surface area contributed by atoms with Gasteiger partial charge in [-0.05, 0) is 59.7 Å². The highest BCUT2D eigenvalue weighted by atomic mass is 35.5. The van der Waals surface area contributed by atoms with Crippen LogP contribution >= 0.6 is 23.4 Å². The van der Waals surface area contributed by atoms with E-state index in [0.29, 0.717) is 21.6 Å². The van der Waals surface area contributed by atoms with Crippen molar-refractivity contribution in [2.75, 3.05) is 0 Å². The maximum Gasteiger partial charge on any atom is 0.173 e. The quantitative estimate of drug-likeness (QED) is 0.231. The fourth-order valence-electron chi connectivity index (χ4n) is 3.56. The molecule has 1 aromatic heterocycles. The summed E-state index contributed by atoms with van der Waals surface area (Å²) in [5, 5.41) is 20.7. The van der Waals surface area contributed by atoms with Crippen LogP contribution in [0.25, 0.3) is 5.69 Å². The van der Waals surface area contributed by atoms with Gasteiger partial charge in [0.05, 0.1) is 11.9 Å². The van der Waals surface area contributed by atoms with Gasteiger partial charge in [0.1, 0.15) is 11.6 Å². The monoisotopic (exact) mass is 486 g/mol. The second-order valence-electron chi connectivity index (χ2n) is 8.09. The summed E-state index contributed by atoms with van der Waals surface area (Å²) in [6.07, 6.45) is 1.74. The molecule has 170 valence electrons. The highest BCUT2D eigenvalue weighted by Gasteiger charge is 2.30. The van der Waals surface area contributed by atoms with E-state index in [1.54, 1.807) is 30.5 Å². The predicted octanol–water partition coefficient (Wildman–Crippen LogP) is 6.83. The Balaban J connectivity index is 1.78. The van der Waals surface area contributed by atoms with Crippen molar-refractivity contribution in [3.63, 3.8) is 0 Å². The first-order valence-corrected chi connectivity index (χ1v) is 11.5. The van der Waals surface area contributed by atoms with Crippen molar-refractivity contribution in [2.24, 2.45) is 0 Å². The summed E-state index contributed by atoms with van der Waals surface area (Å²) in [6, 6.07) is 15.1. The van der Waals surface area contributed by atoms with Crippen molar-refractivity contribution in [1.29, 1.82) is 0 Å². The van der Waals surface area contributed by atoms with Gasteiger partial charge in [-0.15, -0.1) is 0 Å². The Kier molecular flexibility index (Phi) is 6.36. The number of aromatic hydroxyl groups is 2. The number of hydrogen-bond acceptors (Lipinski definition) is 4. The van der Waals surface area contributed by atoms with Crippen LogP contribution in [0.1, 0.15) is 30.7 Å². The third-order valence-electron chi connectivity index (χ3n) is 5.52. The van der Waals surface area contributed by atoms with Gasteiger partial charge in [0.25, 0.3) is 0 Å². The minimum Gasteiger partial charge on any atom is -0.504 e. The summed E-state index contributed by atoms with van der Waals surface area (Å²) in [5.41, 5.74) is 2.42. The number of phenols is 2. The van der Waals surface area contributed by atoms with Crippen molar-refractivity contribution in [3.05, 3.63) is 100 Å². The first-order valence-electron chi connectivity index (χ1n) is 10.1. The summed E-state index contributed by atoms with van der Waals surface area (Å²) in [5.74, 6) is -0.710. The lowest BCUT2D eigenvalue weighted by molar-refractivity contribution is 0.401. The van der Waals surface area contributed by atoms with E-state index in [1.165, 1.54) is 48.2 Å². The second-order valence-corrected chi connectivity index (χ2v) is 9.44. The number of phenolic OH excluding ortho intramolecular Hbond substituents is 2. The lowest BCUT2D eigenvalue weighted by atomic mass is 9.81. The van der Waals surface area contributed by atoms with Crippen molar-refractivity contribution >= 4 is 23.4 Å². The van der Waals surface area contributed by atoms with Crippen LogP contribution in [0, 0.1) is 11.6 Å². The van der Waals surface area contributed by atoms with Crippen molar-refractivity contribution in [2.45, 2.75) is 30.2 Å². The third-order valence-corrected chi connectivity index (χ3v) is 6.88. The van der Waals surface area contributed by atoms with Gasteiger partial charge in [-0.1, -0.05) is 49.3 Å². The van der Waals surface area contributed by atoms with Crippen LogP contribution in [0.15, 0.2) is 72.0 Å². The normalized spacial score (nSPS) is 11.7. The van der Waals surface area contributed by atoms with E-state index >= 15 is 0 Å². The van der Waals surface area contributed by atoms with Crippen molar-refractivity contribution in [3.8, 4) is 17.2 Å². The molecule has 3 aromatic carbocycles. The largest absolute Gasteiger partial charge is 0.504 e. The summed E-state index contributed by atoms with van der Waals surface area (Å²) < 4.78 is 29.0. The smallest absolute Gasteiger partial charge is 0.173 e. The molecule has 0 aliphatic rings. The lowest BCUT2D eigenvalue weighted by Crippen LogP contribution is -2.23. The molecule has 4 aromatic rings. The average molecular weight is 487 g/mol. The fourth-order valence-corrected chi connectivity index (χ4v) is 4.87. The number of nitrogens with zero attached hydrogens (tertiary/aromatic N) is 2. The molecule has 0 unspecified atom stereocenters. The zero-order valence-electron chi connectivity index (χ0n) is 17.9. The van der Waals surface area contributed by atoms with Gasteiger partial charge in [0, 0.05) is 21.9 Å². The maximum atomic E-state index is 13.6. The molecule has 33 heavy (non-hydrogen) atoms. The van der Waals surface area contributed by atoms with Crippen LogP contribution in [-0.4, -0.2) is 19.8 Å². The molecular formula is C25H21ClF2N2O2S. The van der Waals surface area contributed by atoms with E-state index in [2.05, 4.69) is 4.98 Å². The highest BCUT2D eigenvalue weighted by Crippen LogP contribution is 2.39. The average Bonchev–Trinajstić information content (AvgIpc) is 3.20. The SMILES string of the molecule is CC(C)(c1ccc(O)c(O)c1)c1cnc(SCc2ccc(F)cc2Cl)n1-c1ccc(F)cc1. The summed E-state index contributed by atoms with van der Waals surface area (Å²) >= 11 is 7.61. The summed E-state index contributed by atoms with van der Waals surface area (Å²) in [4.78, 5) is 4.61. The Morgan fingerprint density at radius 1 is 0.939 bits per heavy atom. The lowest BCUT2D eigenvalue weighted by Gasteiger charge is -2.27. The van der Waals surface area contributed by atoms with Gasteiger partial charge in [0.15, 0.2) is 16.7 Å². The van der Waals surface area contributed by atoms with E-state index < -0.39 is 11.2 Å². The zero-order chi connectivity index (χ0) is 23.8. The standard InChI is InChI=1S/C25H21ClF2N2O2S/c1-25(2,16-4-10-21(31)22(32)11-16)23-13-29-24(30(23)19-8-6-17(27)7-9-19)33-14-15-3-5-18(28)12-20(15)26/h3-13,31-32H,14H2,1-2H3. The Bertz CT molecular complexity index is 1310. The molecule has 0 radical (unpaired) electrons. The van der Waals surface area contributed by atoms with Gasteiger partial charge in [-0.25, -0.2) is 13.8 Å². The van der Waals surface area contributed by atoms with Crippen LogP contribution in [0.4, 0.5) is 8.78 Å². The summed E-state index contributed by atoms with van der Waals surface area (Å²) in [6.45, 7) is 3.95. The molecule has 0 saturated carbocycles. The molecule has 4 nitrogen and oxygen atoms in total. The number of thioether (sulfide) groups is 1. The number of halogens is 3. The second kappa shape index (κ2) is 9.08. The van der Waals surface area contributed by atoms with Crippen LogP contribution in [-0.2, 0) is 11.2 Å². The first-order chi connectivity index (χ1) is 15.7. The van der Waals surface area contributed by atoms with Gasteiger partial charge >= 0.3 is 0 Å². The Morgan fingerprint density at radius 3 is 2.30 bits per heavy atom. The molecule has 0 aliphatic heterocycles. The minimum atomic E-state index is -0.626. The van der Waals surface area contributed by atoms with E-state index in [4.69, 9.17) is 11.6 Å². The molecule has 1 heterocycles. The van der Waals surface area contributed by atoms with E-state index in [9.17, 15) is 19.0 Å². The molecule has 4 rings (SSSR count). The van der Waals surface area contributed by atoms with Crippen molar-refractivity contribution < 1.29 is 19.0 Å². The van der Waals surface area contributed by atoms with Crippen LogP contribution in [0.3, 0.4) is 0 Å². The fraction of sp³-hybridized carbons (Fsp3) is 0.160. The predicted molar refractivity (Wildman–Crippen MR) is 126 cm³/mol. The topological polar surface area (TPSA) is 58.3 Å². The number of benzene rings is 3. The Hall–Kier alpha value is -3.03. The summed E-state index contributed by atoms with van der Waals surface area (Å²) in [7, 11) is 0. The number of hydrogen-bond donors (Lipinski definition) is 2. The molecule has 0 atom stereocenters. The first kappa shape index (κ1) is 23.1. The maximum absolute atomic E-state index is 13.6. The van der Waals surface area contributed by atoms with Gasteiger partial charge in [-0.2, -0.15) is 0 Å². The molecular weight excluding hydrogens is 466 g/mol. The molecule has 0 saturated heterocycles. The number of imidazole rings is 1. The Morgan fingerprint density at radius 2 is 1.64 bits per heavy atom. The molecule has 8 heteroatoms. The number of rotatable bonds is 6.